The highest BCUT2D eigenvalue weighted by Gasteiger charge is 2.18. The van der Waals surface area contributed by atoms with E-state index in [4.69, 9.17) is 4.74 Å². The van der Waals surface area contributed by atoms with Crippen LogP contribution in [0.4, 0.5) is 4.39 Å². The molecule has 82 valence electrons. The van der Waals surface area contributed by atoms with Crippen LogP contribution in [0.15, 0.2) is 18.3 Å². The SMILES string of the molecule is CC(C)(C)OC(=O)Cc1ncccc1F. The molecule has 0 aliphatic heterocycles. The maximum absolute atomic E-state index is 13.1. The van der Waals surface area contributed by atoms with Crippen LogP contribution in [0.3, 0.4) is 0 Å². The van der Waals surface area contributed by atoms with Gasteiger partial charge in [0.1, 0.15) is 11.4 Å². The second kappa shape index (κ2) is 4.38. The minimum atomic E-state index is -0.553. The molecule has 0 aliphatic rings. The Morgan fingerprint density at radius 1 is 1.53 bits per heavy atom. The number of aromatic nitrogens is 1. The van der Waals surface area contributed by atoms with Crippen molar-refractivity contribution in [2.75, 3.05) is 0 Å². The first-order chi connectivity index (χ1) is 6.88. The van der Waals surface area contributed by atoms with Gasteiger partial charge in [0.2, 0.25) is 0 Å². The van der Waals surface area contributed by atoms with Crippen LogP contribution in [-0.2, 0) is 16.0 Å². The first kappa shape index (κ1) is 11.6. The van der Waals surface area contributed by atoms with Crippen LogP contribution >= 0.6 is 0 Å². The molecule has 0 amide bonds. The fourth-order valence-electron chi connectivity index (χ4n) is 1.06. The van der Waals surface area contributed by atoms with Gasteiger partial charge in [-0.15, -0.1) is 0 Å². The van der Waals surface area contributed by atoms with E-state index >= 15 is 0 Å². The van der Waals surface area contributed by atoms with E-state index in [0.29, 0.717) is 0 Å². The third kappa shape index (κ3) is 4.06. The number of hydrogen-bond donors (Lipinski definition) is 0. The summed E-state index contributed by atoms with van der Waals surface area (Å²) in [5.41, 5.74) is -0.436. The molecule has 0 aliphatic carbocycles. The van der Waals surface area contributed by atoms with Gasteiger partial charge in [-0.2, -0.15) is 0 Å². The van der Waals surface area contributed by atoms with Crippen molar-refractivity contribution < 1.29 is 13.9 Å². The quantitative estimate of drug-likeness (QED) is 0.703. The Bertz CT molecular complexity index is 358. The molecule has 0 radical (unpaired) electrons. The molecule has 0 bridgehead atoms. The molecule has 4 heteroatoms. The Kier molecular flexibility index (Phi) is 3.39. The standard InChI is InChI=1S/C11H14FNO2/c1-11(2,3)15-10(14)7-9-8(12)5-4-6-13-9/h4-6H,7H2,1-3H3. The predicted octanol–water partition coefficient (Wildman–Crippen LogP) is 2.10. The molecule has 1 aromatic rings. The van der Waals surface area contributed by atoms with Crippen LogP contribution in [0.1, 0.15) is 26.5 Å². The van der Waals surface area contributed by atoms with Crippen LogP contribution < -0.4 is 0 Å². The number of nitrogens with zero attached hydrogens (tertiary/aromatic N) is 1. The Balaban J connectivity index is 2.64. The number of rotatable bonds is 2. The van der Waals surface area contributed by atoms with E-state index in [1.165, 1.54) is 18.3 Å². The second-order valence-corrected chi connectivity index (χ2v) is 4.20. The highest BCUT2D eigenvalue weighted by Crippen LogP contribution is 2.10. The summed E-state index contributed by atoms with van der Waals surface area (Å²) in [5.74, 6) is -0.955. The number of pyridine rings is 1. The molecule has 15 heavy (non-hydrogen) atoms. The Morgan fingerprint density at radius 2 is 2.20 bits per heavy atom. The molecule has 0 atom stereocenters. The Morgan fingerprint density at radius 3 is 2.73 bits per heavy atom. The normalized spacial score (nSPS) is 11.2. The van der Waals surface area contributed by atoms with Crippen molar-refractivity contribution in [3.63, 3.8) is 0 Å². The summed E-state index contributed by atoms with van der Waals surface area (Å²) in [6.45, 7) is 5.29. The summed E-state index contributed by atoms with van der Waals surface area (Å²) in [6, 6.07) is 2.75. The lowest BCUT2D eigenvalue weighted by Crippen LogP contribution is -2.25. The first-order valence-corrected chi connectivity index (χ1v) is 4.70. The number of ether oxygens (including phenoxy) is 1. The third-order valence-corrected chi connectivity index (χ3v) is 1.57. The van der Waals surface area contributed by atoms with Crippen molar-refractivity contribution in [3.8, 4) is 0 Å². The molecule has 0 spiro atoms. The van der Waals surface area contributed by atoms with Gasteiger partial charge < -0.3 is 4.74 Å². The number of hydrogen-bond acceptors (Lipinski definition) is 3. The minimum Gasteiger partial charge on any atom is -0.460 e. The monoisotopic (exact) mass is 211 g/mol. The molecule has 1 heterocycles. The van der Waals surface area contributed by atoms with Crippen LogP contribution in [0, 0.1) is 5.82 Å². The Labute approximate surface area is 88.3 Å². The summed E-state index contributed by atoms with van der Waals surface area (Å²) < 4.78 is 18.2. The fourth-order valence-corrected chi connectivity index (χ4v) is 1.06. The molecule has 0 fully saturated rings. The number of halogens is 1. The lowest BCUT2D eigenvalue weighted by Gasteiger charge is -2.19. The molecule has 0 aromatic carbocycles. The molecule has 1 aromatic heterocycles. The third-order valence-electron chi connectivity index (χ3n) is 1.57. The number of carbonyl (C=O) groups is 1. The van der Waals surface area contributed by atoms with E-state index in [9.17, 15) is 9.18 Å². The molecule has 0 unspecified atom stereocenters. The van der Waals surface area contributed by atoms with Crippen LogP contribution in [0.2, 0.25) is 0 Å². The molecular formula is C11H14FNO2. The van der Waals surface area contributed by atoms with Crippen LogP contribution in [0.25, 0.3) is 0 Å². The maximum Gasteiger partial charge on any atom is 0.312 e. The summed E-state index contributed by atoms with van der Waals surface area (Å²) in [5, 5.41) is 0. The molecule has 3 nitrogen and oxygen atoms in total. The van der Waals surface area contributed by atoms with E-state index in [0.717, 1.165) is 0 Å². The van der Waals surface area contributed by atoms with E-state index in [-0.39, 0.29) is 12.1 Å². The summed E-state index contributed by atoms with van der Waals surface area (Å²) in [4.78, 5) is 15.1. The van der Waals surface area contributed by atoms with Gasteiger partial charge >= 0.3 is 5.97 Å². The largest absolute Gasteiger partial charge is 0.460 e. The van der Waals surface area contributed by atoms with Gasteiger partial charge in [0.05, 0.1) is 12.1 Å². The second-order valence-electron chi connectivity index (χ2n) is 4.20. The van der Waals surface area contributed by atoms with Gasteiger partial charge in [0, 0.05) is 6.20 Å². The zero-order valence-electron chi connectivity index (χ0n) is 9.08. The van der Waals surface area contributed by atoms with Gasteiger partial charge in [0.25, 0.3) is 0 Å². The van der Waals surface area contributed by atoms with E-state index in [2.05, 4.69) is 4.98 Å². The van der Waals surface area contributed by atoms with Crippen molar-refractivity contribution in [3.05, 3.63) is 29.8 Å². The minimum absolute atomic E-state index is 0.117. The smallest absolute Gasteiger partial charge is 0.312 e. The average Bonchev–Trinajstić information content (AvgIpc) is 2.05. The number of carbonyl (C=O) groups excluding carboxylic acids is 1. The van der Waals surface area contributed by atoms with E-state index in [1.54, 1.807) is 20.8 Å². The fraction of sp³-hybridized carbons (Fsp3) is 0.455. The highest BCUT2D eigenvalue weighted by atomic mass is 19.1. The topological polar surface area (TPSA) is 39.2 Å². The summed E-state index contributed by atoms with van der Waals surface area (Å²) in [7, 11) is 0. The zero-order valence-corrected chi connectivity index (χ0v) is 9.08. The van der Waals surface area contributed by atoms with Gasteiger partial charge in [-0.25, -0.2) is 4.39 Å². The van der Waals surface area contributed by atoms with Gasteiger partial charge in [0.15, 0.2) is 0 Å². The zero-order chi connectivity index (χ0) is 11.5. The summed E-state index contributed by atoms with van der Waals surface area (Å²) >= 11 is 0. The van der Waals surface area contributed by atoms with Gasteiger partial charge in [-0.1, -0.05) is 0 Å². The van der Waals surface area contributed by atoms with Crippen molar-refractivity contribution in [1.82, 2.24) is 4.98 Å². The van der Waals surface area contributed by atoms with E-state index < -0.39 is 17.4 Å². The van der Waals surface area contributed by atoms with Gasteiger partial charge in [-0.3, -0.25) is 9.78 Å². The lowest BCUT2D eigenvalue weighted by atomic mass is 10.2. The molecular weight excluding hydrogens is 197 g/mol. The number of esters is 1. The molecule has 0 saturated carbocycles. The lowest BCUT2D eigenvalue weighted by molar-refractivity contribution is -0.154. The maximum atomic E-state index is 13.1. The predicted molar refractivity (Wildman–Crippen MR) is 53.7 cm³/mol. The van der Waals surface area contributed by atoms with Crippen molar-refractivity contribution in [1.29, 1.82) is 0 Å². The average molecular weight is 211 g/mol. The molecule has 0 N–H and O–H groups in total. The van der Waals surface area contributed by atoms with Crippen LogP contribution in [-0.4, -0.2) is 16.6 Å². The summed E-state index contributed by atoms with van der Waals surface area (Å²) in [6.07, 6.45) is 1.31. The van der Waals surface area contributed by atoms with Crippen molar-refractivity contribution in [2.24, 2.45) is 0 Å². The van der Waals surface area contributed by atoms with Crippen molar-refractivity contribution >= 4 is 5.97 Å². The highest BCUT2D eigenvalue weighted by molar-refractivity contribution is 5.72. The van der Waals surface area contributed by atoms with Crippen LogP contribution in [0.5, 0.6) is 0 Å². The Hall–Kier alpha value is -1.45. The molecule has 1 rings (SSSR count). The van der Waals surface area contributed by atoms with Crippen molar-refractivity contribution in [2.45, 2.75) is 32.8 Å². The first-order valence-electron chi connectivity index (χ1n) is 4.70. The molecule has 0 saturated heterocycles. The van der Waals surface area contributed by atoms with E-state index in [1.807, 2.05) is 0 Å². The van der Waals surface area contributed by atoms with Gasteiger partial charge in [-0.05, 0) is 32.9 Å².